The van der Waals surface area contributed by atoms with Crippen LogP contribution in [0.1, 0.15) is 84.0 Å². The van der Waals surface area contributed by atoms with Crippen molar-refractivity contribution in [1.82, 2.24) is 5.32 Å². The van der Waals surface area contributed by atoms with Crippen molar-refractivity contribution in [2.24, 2.45) is 0 Å². The van der Waals surface area contributed by atoms with Crippen LogP contribution in [-0.4, -0.2) is 80.6 Å². The number of hydrogen-bond acceptors (Lipinski definition) is 7. The van der Waals surface area contributed by atoms with E-state index in [2.05, 4.69) is 12.2 Å². The van der Waals surface area contributed by atoms with E-state index in [9.17, 15) is 30.0 Å². The van der Waals surface area contributed by atoms with Gasteiger partial charge >= 0.3 is 5.97 Å². The molecule has 9 heteroatoms. The van der Waals surface area contributed by atoms with Gasteiger partial charge in [0.05, 0.1) is 37.7 Å². The van der Waals surface area contributed by atoms with E-state index in [1.165, 1.54) is 38.5 Å². The lowest BCUT2D eigenvalue weighted by Gasteiger charge is -2.42. The van der Waals surface area contributed by atoms with Gasteiger partial charge in [0.2, 0.25) is 5.91 Å². The zero-order valence-corrected chi connectivity index (χ0v) is 18.6. The molecule has 6 N–H and O–H groups in total. The lowest BCUT2D eigenvalue weighted by Crippen LogP contribution is -2.64. The smallest absolute Gasteiger partial charge is 0.306 e. The number of amides is 1. The lowest BCUT2D eigenvalue weighted by molar-refractivity contribution is -0.199. The van der Waals surface area contributed by atoms with E-state index in [0.717, 1.165) is 19.3 Å². The molecule has 1 aliphatic heterocycles. The van der Waals surface area contributed by atoms with Gasteiger partial charge in [-0.1, -0.05) is 64.7 Å². The molecule has 31 heavy (non-hydrogen) atoms. The summed E-state index contributed by atoms with van der Waals surface area (Å²) in [6.07, 6.45) is 4.19. The molecular weight excluding hydrogens is 406 g/mol. The van der Waals surface area contributed by atoms with Crippen LogP contribution < -0.4 is 5.32 Å². The molecule has 0 aromatic heterocycles. The Kier molecular flexibility index (Phi) is 13.9. The molecule has 1 aliphatic rings. The Labute approximate surface area is 184 Å². The summed E-state index contributed by atoms with van der Waals surface area (Å²) in [4.78, 5) is 23.4. The number of nitrogens with one attached hydrogen (secondary N) is 1. The standard InChI is InChI=1S/C22H41NO8/c1-2-3-4-5-6-7-8-9-10-11-15(25)12-18(26)23-20-16(13-19(27)28)31-17(14-24)21(29)22(20)30/h15-17,20-22,24-25,29-30H,2-14H2,1H3,(H,23,26)(H,27,28)/t15-,16?,17?,20+,21?,22?/m1/s1. The third-order valence-corrected chi connectivity index (χ3v) is 5.79. The van der Waals surface area contributed by atoms with Crippen LogP contribution in [0.3, 0.4) is 0 Å². The minimum Gasteiger partial charge on any atom is -0.481 e. The Hall–Kier alpha value is -1.26. The predicted molar refractivity (Wildman–Crippen MR) is 114 cm³/mol. The summed E-state index contributed by atoms with van der Waals surface area (Å²) in [6.45, 7) is 1.60. The number of aliphatic carboxylic acids is 1. The Morgan fingerprint density at radius 3 is 2.06 bits per heavy atom. The SMILES string of the molecule is CCCCCCCCCCC[C@@H](O)CC(=O)N[C@H]1C(CC(=O)O)OC(CO)C(O)C1O. The molecule has 0 saturated carbocycles. The molecular formula is C22H41NO8. The molecule has 0 aliphatic carbocycles. The van der Waals surface area contributed by atoms with Gasteiger partial charge < -0.3 is 35.6 Å². The summed E-state index contributed by atoms with van der Waals surface area (Å²) in [5, 5.41) is 51.2. The highest BCUT2D eigenvalue weighted by Gasteiger charge is 2.45. The maximum absolute atomic E-state index is 12.3. The van der Waals surface area contributed by atoms with Gasteiger partial charge in [-0.2, -0.15) is 0 Å². The first kappa shape index (κ1) is 27.8. The number of carbonyl (C=O) groups excluding carboxylic acids is 1. The second-order valence-corrected chi connectivity index (χ2v) is 8.54. The van der Waals surface area contributed by atoms with E-state index in [4.69, 9.17) is 9.84 Å². The summed E-state index contributed by atoms with van der Waals surface area (Å²) in [6, 6.07) is -1.15. The number of carboxylic acids is 1. The largest absolute Gasteiger partial charge is 0.481 e. The van der Waals surface area contributed by atoms with Crippen LogP contribution in [-0.2, 0) is 14.3 Å². The molecule has 1 amide bonds. The summed E-state index contributed by atoms with van der Waals surface area (Å²) in [7, 11) is 0. The molecule has 1 heterocycles. The molecule has 0 bridgehead atoms. The molecule has 0 spiro atoms. The van der Waals surface area contributed by atoms with Crippen molar-refractivity contribution in [3.8, 4) is 0 Å². The van der Waals surface area contributed by atoms with Gasteiger partial charge in [0.15, 0.2) is 0 Å². The zero-order chi connectivity index (χ0) is 23.2. The summed E-state index contributed by atoms with van der Waals surface area (Å²) < 4.78 is 5.36. The fourth-order valence-corrected chi connectivity index (χ4v) is 3.97. The predicted octanol–water partition coefficient (Wildman–Crippen LogP) is 1.10. The highest BCUT2D eigenvalue weighted by atomic mass is 16.5. The molecule has 6 atom stereocenters. The number of aliphatic hydroxyl groups excluding tert-OH is 4. The van der Waals surface area contributed by atoms with Crippen molar-refractivity contribution >= 4 is 11.9 Å². The van der Waals surface area contributed by atoms with Crippen molar-refractivity contribution in [2.45, 2.75) is 121 Å². The minimum absolute atomic E-state index is 0.181. The van der Waals surface area contributed by atoms with Crippen LogP contribution in [0.4, 0.5) is 0 Å². The number of unbranched alkanes of at least 4 members (excludes halogenated alkanes) is 8. The van der Waals surface area contributed by atoms with E-state index < -0.39 is 61.5 Å². The molecule has 0 radical (unpaired) electrons. The maximum atomic E-state index is 12.3. The van der Waals surface area contributed by atoms with Gasteiger partial charge in [0, 0.05) is 0 Å². The van der Waals surface area contributed by atoms with E-state index in [1.54, 1.807) is 0 Å². The van der Waals surface area contributed by atoms with E-state index in [1.807, 2.05) is 0 Å². The normalized spacial score (nSPS) is 27.1. The average Bonchev–Trinajstić information content (AvgIpc) is 2.71. The highest BCUT2D eigenvalue weighted by Crippen LogP contribution is 2.23. The molecule has 9 nitrogen and oxygen atoms in total. The number of carbonyl (C=O) groups is 2. The zero-order valence-electron chi connectivity index (χ0n) is 18.6. The topological polar surface area (TPSA) is 157 Å². The minimum atomic E-state index is -1.49. The van der Waals surface area contributed by atoms with Gasteiger partial charge in [-0.25, -0.2) is 0 Å². The van der Waals surface area contributed by atoms with Crippen LogP contribution in [0.2, 0.25) is 0 Å². The summed E-state index contributed by atoms with van der Waals surface area (Å²) in [5.41, 5.74) is 0. The van der Waals surface area contributed by atoms with Crippen molar-refractivity contribution in [3.63, 3.8) is 0 Å². The first-order valence-corrected chi connectivity index (χ1v) is 11.6. The average molecular weight is 448 g/mol. The Morgan fingerprint density at radius 1 is 0.935 bits per heavy atom. The van der Waals surface area contributed by atoms with Gasteiger partial charge in [-0.3, -0.25) is 9.59 Å². The van der Waals surface area contributed by atoms with Crippen LogP contribution in [0.25, 0.3) is 0 Å². The molecule has 1 saturated heterocycles. The van der Waals surface area contributed by atoms with Crippen molar-refractivity contribution in [3.05, 3.63) is 0 Å². The van der Waals surface area contributed by atoms with Crippen LogP contribution in [0.5, 0.6) is 0 Å². The van der Waals surface area contributed by atoms with Gasteiger partial charge in [0.25, 0.3) is 0 Å². The Balaban J connectivity index is 2.35. The number of carboxylic acid groups (broad SMARTS) is 1. The van der Waals surface area contributed by atoms with Crippen molar-refractivity contribution < 1.29 is 39.9 Å². The Morgan fingerprint density at radius 2 is 1.52 bits per heavy atom. The highest BCUT2D eigenvalue weighted by molar-refractivity contribution is 5.77. The van der Waals surface area contributed by atoms with Crippen molar-refractivity contribution in [1.29, 1.82) is 0 Å². The molecule has 182 valence electrons. The van der Waals surface area contributed by atoms with Gasteiger partial charge in [-0.05, 0) is 6.42 Å². The third kappa shape index (κ3) is 10.7. The summed E-state index contributed by atoms with van der Waals surface area (Å²) in [5.74, 6) is -1.75. The monoisotopic (exact) mass is 447 g/mol. The lowest BCUT2D eigenvalue weighted by atomic mass is 9.91. The molecule has 4 unspecified atom stereocenters. The van der Waals surface area contributed by atoms with Crippen LogP contribution >= 0.6 is 0 Å². The molecule has 0 aromatic carbocycles. The van der Waals surface area contributed by atoms with E-state index >= 15 is 0 Å². The van der Waals surface area contributed by atoms with Crippen LogP contribution in [0, 0.1) is 0 Å². The van der Waals surface area contributed by atoms with Gasteiger partial charge in [-0.15, -0.1) is 0 Å². The second-order valence-electron chi connectivity index (χ2n) is 8.54. The number of ether oxygens (including phenoxy) is 1. The molecule has 1 fully saturated rings. The summed E-state index contributed by atoms with van der Waals surface area (Å²) >= 11 is 0. The third-order valence-electron chi connectivity index (χ3n) is 5.79. The first-order valence-electron chi connectivity index (χ1n) is 11.6. The Bertz CT molecular complexity index is 518. The number of rotatable bonds is 16. The molecule has 0 aromatic rings. The second kappa shape index (κ2) is 15.5. The first-order chi connectivity index (χ1) is 14.8. The van der Waals surface area contributed by atoms with Gasteiger partial charge in [0.1, 0.15) is 18.3 Å². The molecule has 1 rings (SSSR count). The quantitative estimate of drug-likeness (QED) is 0.192. The number of hydrogen-bond donors (Lipinski definition) is 6. The van der Waals surface area contributed by atoms with Crippen molar-refractivity contribution in [2.75, 3.05) is 6.61 Å². The fourth-order valence-electron chi connectivity index (χ4n) is 3.97. The maximum Gasteiger partial charge on any atom is 0.306 e. The number of aliphatic hydroxyl groups is 4. The van der Waals surface area contributed by atoms with E-state index in [-0.39, 0.29) is 6.42 Å². The fraction of sp³-hybridized carbons (Fsp3) is 0.909. The van der Waals surface area contributed by atoms with Crippen LogP contribution in [0.15, 0.2) is 0 Å². The van der Waals surface area contributed by atoms with E-state index in [0.29, 0.717) is 6.42 Å².